The minimum absolute atomic E-state index is 0.0569. The highest BCUT2D eigenvalue weighted by Crippen LogP contribution is 2.34. The SMILES string of the molecule is CCOc1cccc(CNC(=NC)NCC(C2CC2)N(C)C)c1OC(F)F. The maximum Gasteiger partial charge on any atom is 0.387 e. The Morgan fingerprint density at radius 3 is 2.59 bits per heavy atom. The van der Waals surface area contributed by atoms with Crippen LogP contribution in [0.15, 0.2) is 23.2 Å². The topological polar surface area (TPSA) is 58.1 Å². The lowest BCUT2D eigenvalue weighted by atomic mass is 10.1. The molecule has 2 N–H and O–H groups in total. The van der Waals surface area contributed by atoms with Crippen molar-refractivity contribution in [2.75, 3.05) is 34.3 Å². The molecular weight excluding hydrogens is 354 g/mol. The largest absolute Gasteiger partial charge is 0.490 e. The van der Waals surface area contributed by atoms with Crippen molar-refractivity contribution in [2.24, 2.45) is 10.9 Å². The molecule has 6 nitrogen and oxygen atoms in total. The van der Waals surface area contributed by atoms with E-state index in [1.807, 2.05) is 0 Å². The molecule has 0 saturated heterocycles. The van der Waals surface area contributed by atoms with Crippen LogP contribution in [-0.4, -0.2) is 57.8 Å². The highest BCUT2D eigenvalue weighted by molar-refractivity contribution is 5.79. The van der Waals surface area contributed by atoms with Crippen molar-refractivity contribution in [2.45, 2.75) is 39.0 Å². The number of halogens is 2. The first-order valence-electron chi connectivity index (χ1n) is 9.26. The van der Waals surface area contributed by atoms with Gasteiger partial charge in [-0.25, -0.2) is 0 Å². The Kier molecular flexibility index (Phi) is 8.09. The molecule has 1 atom stereocenters. The summed E-state index contributed by atoms with van der Waals surface area (Å²) in [6, 6.07) is 5.55. The van der Waals surface area contributed by atoms with Gasteiger partial charge in [0.25, 0.3) is 0 Å². The number of rotatable bonds is 10. The van der Waals surface area contributed by atoms with Crippen LogP contribution in [0.25, 0.3) is 0 Å². The molecule has 1 aromatic rings. The molecule has 1 fully saturated rings. The molecule has 1 aromatic carbocycles. The molecule has 0 aliphatic heterocycles. The van der Waals surface area contributed by atoms with E-state index in [1.165, 1.54) is 12.8 Å². The van der Waals surface area contributed by atoms with E-state index in [9.17, 15) is 8.78 Å². The van der Waals surface area contributed by atoms with E-state index in [4.69, 9.17) is 9.47 Å². The van der Waals surface area contributed by atoms with E-state index in [1.54, 1.807) is 32.2 Å². The number of alkyl halides is 2. The molecule has 0 amide bonds. The molecular formula is C19H30F2N4O2. The first-order valence-corrected chi connectivity index (χ1v) is 9.26. The first-order chi connectivity index (χ1) is 13.0. The third-order valence-corrected chi connectivity index (χ3v) is 4.55. The molecule has 1 saturated carbocycles. The number of guanidine groups is 1. The van der Waals surface area contributed by atoms with Crippen LogP contribution >= 0.6 is 0 Å². The summed E-state index contributed by atoms with van der Waals surface area (Å²) in [4.78, 5) is 6.44. The predicted molar refractivity (Wildman–Crippen MR) is 103 cm³/mol. The summed E-state index contributed by atoms with van der Waals surface area (Å²) >= 11 is 0. The van der Waals surface area contributed by atoms with Crippen molar-refractivity contribution in [1.29, 1.82) is 0 Å². The normalized spacial score (nSPS) is 15.8. The van der Waals surface area contributed by atoms with Crippen LogP contribution in [0.3, 0.4) is 0 Å². The summed E-state index contributed by atoms with van der Waals surface area (Å²) in [7, 11) is 5.84. The standard InChI is InChI=1S/C19H30F2N4O2/c1-5-26-16-8-6-7-14(17(16)27-18(20)21)11-23-19(22-2)24-12-15(25(3)4)13-9-10-13/h6-8,13,15,18H,5,9-12H2,1-4H3,(H2,22,23,24). The molecule has 1 aliphatic carbocycles. The second-order valence-corrected chi connectivity index (χ2v) is 6.73. The molecule has 0 radical (unpaired) electrons. The van der Waals surface area contributed by atoms with E-state index in [-0.39, 0.29) is 5.75 Å². The van der Waals surface area contributed by atoms with Gasteiger partial charge in [0.1, 0.15) is 0 Å². The van der Waals surface area contributed by atoms with Gasteiger partial charge in [-0.1, -0.05) is 12.1 Å². The number of benzene rings is 1. The van der Waals surface area contributed by atoms with Crippen LogP contribution in [0.4, 0.5) is 8.78 Å². The second kappa shape index (κ2) is 10.3. The van der Waals surface area contributed by atoms with E-state index >= 15 is 0 Å². The highest BCUT2D eigenvalue weighted by Gasteiger charge is 2.32. The van der Waals surface area contributed by atoms with Crippen molar-refractivity contribution >= 4 is 5.96 Å². The van der Waals surface area contributed by atoms with Crippen molar-refractivity contribution < 1.29 is 18.3 Å². The summed E-state index contributed by atoms with van der Waals surface area (Å²) in [6.07, 6.45) is 2.52. The highest BCUT2D eigenvalue weighted by atomic mass is 19.3. The van der Waals surface area contributed by atoms with Gasteiger partial charge in [0.15, 0.2) is 17.5 Å². The third kappa shape index (κ3) is 6.53. The average molecular weight is 384 g/mol. The summed E-state index contributed by atoms with van der Waals surface area (Å²) < 4.78 is 35.7. The maximum atomic E-state index is 12.8. The summed E-state index contributed by atoms with van der Waals surface area (Å²) in [6.45, 7) is 0.314. The first kappa shape index (κ1) is 21.2. The molecule has 0 heterocycles. The Morgan fingerprint density at radius 2 is 2.04 bits per heavy atom. The summed E-state index contributed by atoms with van der Waals surface area (Å²) in [5.41, 5.74) is 0.579. The fraction of sp³-hybridized carbons (Fsp3) is 0.632. The van der Waals surface area contributed by atoms with Gasteiger partial charge in [0, 0.05) is 31.7 Å². The summed E-state index contributed by atoms with van der Waals surface area (Å²) in [5.74, 6) is 1.70. The zero-order valence-electron chi connectivity index (χ0n) is 16.5. The number of nitrogens with zero attached hydrogens (tertiary/aromatic N) is 2. The fourth-order valence-electron chi connectivity index (χ4n) is 3.05. The molecule has 1 unspecified atom stereocenters. The van der Waals surface area contributed by atoms with Crippen LogP contribution in [0.1, 0.15) is 25.3 Å². The molecule has 2 rings (SSSR count). The molecule has 0 bridgehead atoms. The number of aliphatic imine (C=N–C) groups is 1. The number of likely N-dealkylation sites (N-methyl/N-ethyl adjacent to an activating group) is 1. The van der Waals surface area contributed by atoms with Gasteiger partial charge in [-0.2, -0.15) is 8.78 Å². The van der Waals surface area contributed by atoms with Crippen molar-refractivity contribution in [3.05, 3.63) is 23.8 Å². The van der Waals surface area contributed by atoms with Crippen molar-refractivity contribution in [3.63, 3.8) is 0 Å². The number of para-hydroxylation sites is 1. The van der Waals surface area contributed by atoms with E-state index in [2.05, 4.69) is 34.6 Å². The predicted octanol–water partition coefficient (Wildman–Crippen LogP) is 2.69. The zero-order valence-corrected chi connectivity index (χ0v) is 16.5. The minimum Gasteiger partial charge on any atom is -0.490 e. The fourth-order valence-corrected chi connectivity index (χ4v) is 3.05. The molecule has 152 valence electrons. The van der Waals surface area contributed by atoms with Gasteiger partial charge in [0.2, 0.25) is 0 Å². The minimum atomic E-state index is -2.91. The molecule has 0 aromatic heterocycles. The lowest BCUT2D eigenvalue weighted by Crippen LogP contribution is -2.45. The molecule has 8 heteroatoms. The van der Waals surface area contributed by atoms with Crippen LogP contribution in [0, 0.1) is 5.92 Å². The Morgan fingerprint density at radius 1 is 1.30 bits per heavy atom. The van der Waals surface area contributed by atoms with E-state index in [0.717, 1.165) is 12.5 Å². The van der Waals surface area contributed by atoms with Gasteiger partial charge < -0.3 is 25.0 Å². The summed E-state index contributed by atoms with van der Waals surface area (Å²) in [5, 5.41) is 6.48. The maximum absolute atomic E-state index is 12.8. The average Bonchev–Trinajstić information content (AvgIpc) is 3.44. The van der Waals surface area contributed by atoms with Crippen molar-refractivity contribution in [3.8, 4) is 11.5 Å². The van der Waals surface area contributed by atoms with Crippen LogP contribution in [-0.2, 0) is 6.54 Å². The van der Waals surface area contributed by atoms with E-state index in [0.29, 0.717) is 36.5 Å². The quantitative estimate of drug-likeness (QED) is 0.480. The third-order valence-electron chi connectivity index (χ3n) is 4.55. The molecule has 1 aliphatic rings. The number of hydrogen-bond donors (Lipinski definition) is 2. The van der Waals surface area contributed by atoms with Gasteiger partial charge in [-0.15, -0.1) is 0 Å². The van der Waals surface area contributed by atoms with Gasteiger partial charge >= 0.3 is 6.61 Å². The number of hydrogen-bond acceptors (Lipinski definition) is 4. The lowest BCUT2D eigenvalue weighted by Gasteiger charge is -2.25. The molecule has 0 spiro atoms. The Bertz CT molecular complexity index is 620. The van der Waals surface area contributed by atoms with Gasteiger partial charge in [-0.05, 0) is 45.8 Å². The smallest absolute Gasteiger partial charge is 0.387 e. The Labute approximate surface area is 159 Å². The van der Waals surface area contributed by atoms with E-state index < -0.39 is 6.61 Å². The zero-order chi connectivity index (χ0) is 19.8. The Balaban J connectivity index is 1.99. The number of nitrogens with one attached hydrogen (secondary N) is 2. The number of ether oxygens (including phenoxy) is 2. The lowest BCUT2D eigenvalue weighted by molar-refractivity contribution is -0.0520. The monoisotopic (exact) mass is 384 g/mol. The van der Waals surface area contributed by atoms with Gasteiger partial charge in [0.05, 0.1) is 6.61 Å². The van der Waals surface area contributed by atoms with Crippen LogP contribution < -0.4 is 20.1 Å². The van der Waals surface area contributed by atoms with Gasteiger partial charge in [-0.3, -0.25) is 4.99 Å². The molecule has 27 heavy (non-hydrogen) atoms. The second-order valence-electron chi connectivity index (χ2n) is 6.73. The van der Waals surface area contributed by atoms with Crippen LogP contribution in [0.5, 0.6) is 11.5 Å². The van der Waals surface area contributed by atoms with Crippen LogP contribution in [0.2, 0.25) is 0 Å². The Hall–Kier alpha value is -2.09. The van der Waals surface area contributed by atoms with Crippen molar-refractivity contribution in [1.82, 2.24) is 15.5 Å².